The van der Waals surface area contributed by atoms with Crippen LogP contribution in [0.4, 0.5) is 8.78 Å². The summed E-state index contributed by atoms with van der Waals surface area (Å²) in [7, 11) is 0. The van der Waals surface area contributed by atoms with Gasteiger partial charge < -0.3 is 63.9 Å². The van der Waals surface area contributed by atoms with Crippen LogP contribution in [0.1, 0.15) is 114 Å². The smallest absolute Gasteiger partial charge is 0.338 e. The quantitative estimate of drug-likeness (QED) is 0.0220. The molecule has 6 N–H and O–H groups in total. The normalized spacial score (nSPS) is 24.6. The van der Waals surface area contributed by atoms with E-state index in [1.807, 2.05) is 0 Å². The number of halogens is 2. The van der Waals surface area contributed by atoms with E-state index in [2.05, 4.69) is 10.6 Å². The van der Waals surface area contributed by atoms with Gasteiger partial charge in [-0.1, -0.05) is 86.6 Å². The number of benzene rings is 6. The summed E-state index contributed by atoms with van der Waals surface area (Å²) in [5.74, 6) is -15.1. The lowest BCUT2D eigenvalue weighted by molar-refractivity contribution is -0.346. The van der Waals surface area contributed by atoms with Gasteiger partial charge in [-0.3, -0.25) is 33.6 Å². The van der Waals surface area contributed by atoms with Crippen molar-refractivity contribution in [2.45, 2.75) is 115 Å². The Hall–Kier alpha value is -10.5. The number of carbonyl (C=O) groups excluding carboxylic acids is 8. The lowest BCUT2D eigenvalue weighted by Crippen LogP contribution is -2.82. The van der Waals surface area contributed by atoms with Crippen molar-refractivity contribution in [3.63, 3.8) is 0 Å². The Morgan fingerprint density at radius 1 is 0.740 bits per heavy atom. The number of esters is 5. The van der Waals surface area contributed by atoms with Crippen molar-refractivity contribution >= 4 is 64.4 Å². The first kappa shape index (κ1) is 66.9. The van der Waals surface area contributed by atoms with Crippen molar-refractivity contribution in [3.8, 4) is 28.2 Å². The molecule has 5 aromatic rings. The summed E-state index contributed by atoms with van der Waals surface area (Å²) in [6.07, 6.45) is -12.8. The number of fused-ring (bicyclic) bond motifs is 7. The first-order valence-corrected chi connectivity index (χ1v) is 30.5. The summed E-state index contributed by atoms with van der Waals surface area (Å²) >= 11 is 0. The third kappa shape index (κ3) is 11.8. The number of phenolic OH excluding ortho intramolecular Hbond substituents is 1. The van der Waals surface area contributed by atoms with E-state index in [4.69, 9.17) is 32.8 Å². The first-order chi connectivity index (χ1) is 45.5. The summed E-state index contributed by atoms with van der Waals surface area (Å²) in [6.45, 7) is 6.74. The van der Waals surface area contributed by atoms with Gasteiger partial charge in [-0.15, -0.1) is 0 Å². The van der Waals surface area contributed by atoms with Crippen molar-refractivity contribution in [2.75, 3.05) is 13.2 Å². The molecule has 0 radical (unpaired) electrons. The molecule has 0 spiro atoms. The number of aliphatic hydroxyl groups excluding tert-OH is 1. The molecule has 23 nitrogen and oxygen atoms in total. The molecule has 3 unspecified atom stereocenters. The number of hydrogen-bond acceptors (Lipinski definition) is 20. The summed E-state index contributed by atoms with van der Waals surface area (Å²) in [6, 6.07) is 28.6. The van der Waals surface area contributed by atoms with E-state index in [1.54, 1.807) is 54.6 Å². The molecule has 2 aliphatic heterocycles. The average molecular weight is 1320 g/mol. The highest BCUT2D eigenvalue weighted by Crippen LogP contribution is 2.65. The van der Waals surface area contributed by atoms with E-state index in [1.165, 1.54) is 76.2 Å². The van der Waals surface area contributed by atoms with Gasteiger partial charge in [0.15, 0.2) is 41.0 Å². The Morgan fingerprint density at radius 3 is 2.02 bits per heavy atom. The van der Waals surface area contributed by atoms with Crippen LogP contribution in [0.3, 0.4) is 0 Å². The number of aliphatic hydroxyl groups is 2. The van der Waals surface area contributed by atoms with Gasteiger partial charge in [-0.2, -0.15) is 0 Å². The van der Waals surface area contributed by atoms with Gasteiger partial charge in [0, 0.05) is 78.4 Å². The van der Waals surface area contributed by atoms with Gasteiger partial charge in [0.1, 0.15) is 41.4 Å². The zero-order valence-corrected chi connectivity index (χ0v) is 52.3. The van der Waals surface area contributed by atoms with Crippen molar-refractivity contribution in [2.24, 2.45) is 16.7 Å². The Kier molecular flexibility index (Phi) is 17.9. The number of Topliss-reactive ketones (excluding diaryl/α,β-unsaturated/α-hetero) is 1. The van der Waals surface area contributed by atoms with Crippen LogP contribution in [0, 0.1) is 28.4 Å². The molecule has 3 fully saturated rings. The lowest BCUT2D eigenvalue weighted by Gasteiger charge is -2.67. The number of carboxylic acids is 1. The molecule has 2 bridgehead atoms. The molecular formula is C71H64F2N2O21. The van der Waals surface area contributed by atoms with Crippen molar-refractivity contribution in [3.05, 3.63) is 194 Å². The van der Waals surface area contributed by atoms with Crippen molar-refractivity contribution < 1.29 is 105 Å². The zero-order valence-electron chi connectivity index (χ0n) is 52.3. The highest BCUT2D eigenvalue weighted by molar-refractivity contribution is 6.09. The fraction of sp³-hybridized carbons (Fsp3) is 0.324. The number of rotatable bonds is 17. The van der Waals surface area contributed by atoms with Crippen LogP contribution in [0.2, 0.25) is 0 Å². The van der Waals surface area contributed by atoms with Crippen LogP contribution in [0.5, 0.6) is 5.75 Å². The summed E-state index contributed by atoms with van der Waals surface area (Å²) < 4.78 is 73.0. The van der Waals surface area contributed by atoms with E-state index in [0.29, 0.717) is 0 Å². The molecule has 11 atom stereocenters. The predicted octanol–water partition coefficient (Wildman–Crippen LogP) is 7.67. The SMILES string of the molecule is CC(=O)O[C@H]1C(=O)[C@@]2(C)C([C@H](OC(=O)c3ccccc3)[C@]3(O)C[C@H](OC(=O)C(O)C(NC(=O)c4ccccc4)c4ccccc4)C(C)=C1C3(C)C)[C@]1(OC(C)=O)CO[C@@H]1C[C@@H]2OC(=O)CCNC(=O)c1ccc(-c2c3cc(F)c(=O)cc-3oc3cc(O)c(F)cc23)c(C(=O)O)c1. The average Bonchev–Trinajstić information content (AvgIpc) is 0.668. The molecule has 4 aliphatic carbocycles. The van der Waals surface area contributed by atoms with Crippen LogP contribution in [0.25, 0.3) is 33.4 Å². The van der Waals surface area contributed by atoms with Gasteiger partial charge >= 0.3 is 35.8 Å². The van der Waals surface area contributed by atoms with Crippen LogP contribution in [-0.2, 0) is 52.4 Å². The number of aromatic hydroxyl groups is 1. The summed E-state index contributed by atoms with van der Waals surface area (Å²) in [5, 5.41) is 52.1. The molecular weight excluding hydrogens is 1250 g/mol. The topological polar surface area (TPSA) is 344 Å². The number of ether oxygens (including phenoxy) is 6. The number of amides is 2. The van der Waals surface area contributed by atoms with Gasteiger partial charge in [0.2, 0.25) is 5.43 Å². The third-order valence-electron chi connectivity index (χ3n) is 19.0. The summed E-state index contributed by atoms with van der Waals surface area (Å²) in [4.78, 5) is 141. The molecule has 96 heavy (non-hydrogen) atoms. The van der Waals surface area contributed by atoms with Crippen molar-refractivity contribution in [1.82, 2.24) is 10.6 Å². The molecule has 0 aromatic heterocycles. The van der Waals surface area contributed by atoms with E-state index in [9.17, 15) is 72.4 Å². The fourth-order valence-corrected chi connectivity index (χ4v) is 14.2. The van der Waals surface area contributed by atoms with E-state index in [-0.39, 0.29) is 66.8 Å². The Balaban J connectivity index is 0.948. The molecule has 2 saturated carbocycles. The minimum Gasteiger partial charge on any atom is -0.505 e. The summed E-state index contributed by atoms with van der Waals surface area (Å²) in [5.41, 5.74) is -11.3. The second kappa shape index (κ2) is 25.7. The number of carboxylic acid groups (broad SMARTS) is 1. The van der Waals surface area contributed by atoms with E-state index < -0.39 is 185 Å². The first-order valence-electron chi connectivity index (χ1n) is 30.5. The molecule has 5 aromatic carbocycles. The molecule has 11 rings (SSSR count). The monoisotopic (exact) mass is 1320 g/mol. The largest absolute Gasteiger partial charge is 0.505 e. The minimum absolute atomic E-state index is 0.0261. The second-order valence-corrected chi connectivity index (χ2v) is 24.9. The third-order valence-corrected chi connectivity index (χ3v) is 19.0. The van der Waals surface area contributed by atoms with Crippen LogP contribution < -0.4 is 16.1 Å². The highest BCUT2D eigenvalue weighted by Gasteiger charge is 2.79. The number of phenols is 1. The van der Waals surface area contributed by atoms with E-state index >= 15 is 4.79 Å². The van der Waals surface area contributed by atoms with Gasteiger partial charge in [0.25, 0.3) is 11.8 Å². The maximum Gasteiger partial charge on any atom is 0.338 e. The molecule has 2 heterocycles. The zero-order chi connectivity index (χ0) is 69.1. The maximum absolute atomic E-state index is 16.5. The van der Waals surface area contributed by atoms with Gasteiger partial charge in [-0.05, 0) is 84.7 Å². The molecule has 6 aliphatic rings. The van der Waals surface area contributed by atoms with E-state index in [0.717, 1.165) is 44.2 Å². The standard InChI is InChI=1S/C71H64F2N2O21/c1-34-51(93-67(88)58(81)57(37-16-10-7-11-17-37)75-64(84)38-18-12-8-13-19-38)32-71(89)62(95-66(87)39-20-14-9-15-21-39)60-69(6,61(82)59(91-35(2)76)56(34)68(71,4)5)52(31-53-70(60,33-90-53)96-36(3)77)94-54(80)24-25-74-63(83)40-22-23-41(42(26-40)65(85)86)55-43-27-45(72)47(78)29-49(43)92-50-30-48(79)46(73)28-44(50)55/h7-23,26-30,51-53,57-60,62,78,81,89H,24-25,31-33H2,1-6H3,(H,74,83)(H,75,84)(H,85,86)/t51-,52-,53+,57?,58?,59+,60?,62-,69+,70-,71+/m0/s1. The number of aromatic carboxylic acids is 1. The van der Waals surface area contributed by atoms with Crippen molar-refractivity contribution in [1.29, 1.82) is 0 Å². The van der Waals surface area contributed by atoms with Gasteiger partial charge in [-0.25, -0.2) is 23.2 Å². The number of carbonyl (C=O) groups is 9. The molecule has 2 amide bonds. The number of ketones is 1. The fourth-order valence-electron chi connectivity index (χ4n) is 14.2. The number of nitrogens with one attached hydrogen (secondary N) is 2. The molecule has 498 valence electrons. The lowest BCUT2D eigenvalue weighted by atomic mass is 9.44. The predicted molar refractivity (Wildman–Crippen MR) is 332 cm³/mol. The Morgan fingerprint density at radius 2 is 1.40 bits per heavy atom. The van der Waals surface area contributed by atoms with Crippen LogP contribution in [-0.4, -0.2) is 135 Å². The Labute approximate surface area is 545 Å². The highest BCUT2D eigenvalue weighted by atomic mass is 19.1. The minimum atomic E-state index is -2.63. The van der Waals surface area contributed by atoms with Gasteiger partial charge in [0.05, 0.1) is 41.5 Å². The maximum atomic E-state index is 16.5. The molecule has 25 heteroatoms. The van der Waals surface area contributed by atoms with Crippen LogP contribution >= 0.6 is 0 Å². The van der Waals surface area contributed by atoms with Crippen LogP contribution in [0.15, 0.2) is 154 Å². The number of hydrogen-bond donors (Lipinski definition) is 6. The molecule has 1 saturated heterocycles. The Bertz CT molecular complexity index is 4400. The second-order valence-electron chi connectivity index (χ2n) is 24.9.